The zero-order valence-electron chi connectivity index (χ0n) is 30.5. The van der Waals surface area contributed by atoms with Gasteiger partial charge in [0.05, 0.1) is 23.3 Å². The maximum Gasteiger partial charge on any atom is 0.262 e. The summed E-state index contributed by atoms with van der Waals surface area (Å²) in [5, 5.41) is 18.3. The second-order valence-electron chi connectivity index (χ2n) is 13.7. The van der Waals surface area contributed by atoms with Gasteiger partial charge in [-0.15, -0.1) is 21.5 Å². The van der Waals surface area contributed by atoms with Crippen LogP contribution in [0.15, 0.2) is 47.5 Å². The number of imide groups is 2. The van der Waals surface area contributed by atoms with E-state index in [0.717, 1.165) is 37.2 Å². The summed E-state index contributed by atoms with van der Waals surface area (Å²) in [6.45, 7) is 6.46. The first-order valence-corrected chi connectivity index (χ1v) is 19.2. The molecule has 1 saturated heterocycles. The maximum atomic E-state index is 13.3. The number of rotatable bonds is 12. The molecule has 55 heavy (non-hydrogen) atoms. The SMILES string of the molecule is Cc1sc2c(c1C)C(c1ccc(Cl)cc1)=N[C](CC(=O)NCCCCCC(=O)NCc1cccc3c1C(=O)N(C1CCC(=O)NC1=O)C3=O)c1nnc(C)n1-2. The standard InChI is InChI=1S/C39H38ClN8O6S/c1-20-21(2)55-39-32(20)34(23-11-13-25(40)14-12-23)43-27(35-46-45-22(3)47(35)39)18-31(51)41-17-6-4-5-10-29(49)42-19-24-8-7-9-26-33(24)38(54)48(37(26)53)28-15-16-30(50)44-36(28)52/h7-9,11-14,28H,4-6,10,15-19H2,1-3H3,(H,41,51)(H,42,49)(H,44,50,52). The molecule has 1 atom stereocenters. The first-order valence-electron chi connectivity index (χ1n) is 18.0. The summed E-state index contributed by atoms with van der Waals surface area (Å²) in [5.41, 5.74) is 4.46. The highest BCUT2D eigenvalue weighted by atomic mass is 35.5. The Morgan fingerprint density at radius 1 is 0.927 bits per heavy atom. The van der Waals surface area contributed by atoms with Crippen molar-refractivity contribution in [1.29, 1.82) is 0 Å². The fraction of sp³-hybridized carbons (Fsp3) is 0.333. The highest BCUT2D eigenvalue weighted by Crippen LogP contribution is 2.39. The number of aliphatic imine (C=N–C) groups is 1. The number of nitrogens with zero attached hydrogens (tertiary/aromatic N) is 5. The molecule has 4 aromatic rings. The van der Waals surface area contributed by atoms with Crippen LogP contribution >= 0.6 is 22.9 Å². The number of thiophene rings is 1. The molecule has 283 valence electrons. The molecule has 0 spiro atoms. The Kier molecular flexibility index (Phi) is 10.8. The third-order valence-electron chi connectivity index (χ3n) is 10.0. The van der Waals surface area contributed by atoms with Crippen molar-refractivity contribution >= 4 is 64.1 Å². The highest BCUT2D eigenvalue weighted by molar-refractivity contribution is 7.15. The normalized spacial score (nSPS) is 16.6. The number of benzene rings is 2. The molecule has 3 aliphatic rings. The summed E-state index contributed by atoms with van der Waals surface area (Å²) < 4.78 is 1.97. The average Bonchev–Trinajstić information content (AvgIpc) is 3.73. The third kappa shape index (κ3) is 7.45. The van der Waals surface area contributed by atoms with Crippen molar-refractivity contribution in [2.24, 2.45) is 4.99 Å². The van der Waals surface area contributed by atoms with Crippen molar-refractivity contribution < 1.29 is 28.8 Å². The lowest BCUT2D eigenvalue weighted by Crippen LogP contribution is -2.54. The molecule has 2 aromatic heterocycles. The molecule has 3 N–H and O–H groups in total. The van der Waals surface area contributed by atoms with Crippen LogP contribution in [0.4, 0.5) is 0 Å². The molecule has 2 aromatic carbocycles. The Morgan fingerprint density at radius 3 is 2.47 bits per heavy atom. The number of hydrogen-bond acceptors (Lipinski definition) is 10. The van der Waals surface area contributed by atoms with Crippen molar-refractivity contribution in [2.75, 3.05) is 6.54 Å². The molecule has 3 aliphatic heterocycles. The number of halogens is 1. The first-order chi connectivity index (χ1) is 26.4. The van der Waals surface area contributed by atoms with Gasteiger partial charge in [0.2, 0.25) is 23.6 Å². The maximum absolute atomic E-state index is 13.3. The van der Waals surface area contributed by atoms with Crippen molar-refractivity contribution in [3.63, 3.8) is 0 Å². The average molecular weight is 782 g/mol. The van der Waals surface area contributed by atoms with Gasteiger partial charge in [0.1, 0.15) is 16.9 Å². The Bertz CT molecular complexity index is 2280. The van der Waals surface area contributed by atoms with Crippen LogP contribution in [0.1, 0.15) is 104 Å². The van der Waals surface area contributed by atoms with Crippen molar-refractivity contribution in [3.8, 4) is 5.00 Å². The van der Waals surface area contributed by atoms with E-state index in [9.17, 15) is 28.8 Å². The molecule has 5 heterocycles. The van der Waals surface area contributed by atoms with Crippen LogP contribution in [0.2, 0.25) is 5.02 Å². The van der Waals surface area contributed by atoms with Gasteiger partial charge in [-0.05, 0) is 69.4 Å². The fourth-order valence-electron chi connectivity index (χ4n) is 7.06. The number of carbonyl (C=O) groups excluding carboxylic acids is 6. The summed E-state index contributed by atoms with van der Waals surface area (Å²) in [5.74, 6) is -1.56. The highest BCUT2D eigenvalue weighted by Gasteiger charge is 2.45. The Balaban J connectivity index is 0.906. The monoisotopic (exact) mass is 781 g/mol. The molecule has 1 unspecified atom stereocenters. The van der Waals surface area contributed by atoms with Gasteiger partial charge < -0.3 is 10.6 Å². The minimum Gasteiger partial charge on any atom is -0.356 e. The predicted octanol–water partition coefficient (Wildman–Crippen LogP) is 4.42. The van der Waals surface area contributed by atoms with E-state index < -0.39 is 29.7 Å². The molecule has 0 saturated carbocycles. The topological polar surface area (TPSA) is 185 Å². The van der Waals surface area contributed by atoms with Crippen LogP contribution in [0, 0.1) is 26.8 Å². The minimum atomic E-state index is -1.07. The van der Waals surface area contributed by atoms with Crippen LogP contribution in [0.5, 0.6) is 0 Å². The number of piperidine rings is 1. The first kappa shape index (κ1) is 37.8. The summed E-state index contributed by atoms with van der Waals surface area (Å²) in [7, 11) is 0. The lowest BCUT2D eigenvalue weighted by molar-refractivity contribution is -0.136. The lowest BCUT2D eigenvalue weighted by atomic mass is 9.99. The van der Waals surface area contributed by atoms with Crippen LogP contribution in [-0.4, -0.2) is 73.4 Å². The van der Waals surface area contributed by atoms with Gasteiger partial charge in [0.15, 0.2) is 11.9 Å². The van der Waals surface area contributed by atoms with Crippen LogP contribution in [0.25, 0.3) is 5.00 Å². The molecule has 7 rings (SSSR count). The number of nitrogens with one attached hydrogen (secondary N) is 3. The summed E-state index contributed by atoms with van der Waals surface area (Å²) >= 11 is 7.84. The van der Waals surface area contributed by atoms with Gasteiger partial charge in [-0.2, -0.15) is 0 Å². The number of amides is 6. The van der Waals surface area contributed by atoms with E-state index in [0.29, 0.717) is 54.1 Å². The van der Waals surface area contributed by atoms with Gasteiger partial charge in [-0.25, -0.2) is 0 Å². The molecule has 14 nitrogen and oxygen atoms in total. The van der Waals surface area contributed by atoms with Crippen molar-refractivity contribution in [2.45, 2.75) is 78.3 Å². The van der Waals surface area contributed by atoms with E-state index in [2.05, 4.69) is 40.0 Å². The summed E-state index contributed by atoms with van der Waals surface area (Å²) in [4.78, 5) is 83.5. The number of aromatic nitrogens is 3. The second kappa shape index (κ2) is 15.7. The molecule has 1 fully saturated rings. The van der Waals surface area contributed by atoms with Crippen LogP contribution in [-0.2, 0) is 25.7 Å². The number of unbranched alkanes of at least 4 members (excludes halogenated alkanes) is 2. The molecular formula is C39H38ClN8O6S. The molecule has 16 heteroatoms. The molecule has 0 bridgehead atoms. The van der Waals surface area contributed by atoms with Crippen LogP contribution in [0.3, 0.4) is 0 Å². The zero-order chi connectivity index (χ0) is 39.0. The van der Waals surface area contributed by atoms with Gasteiger partial charge in [0.25, 0.3) is 11.8 Å². The van der Waals surface area contributed by atoms with Crippen LogP contribution < -0.4 is 16.0 Å². The molecule has 1 radical (unpaired) electrons. The van der Waals surface area contributed by atoms with E-state index in [-0.39, 0.29) is 55.2 Å². The molecular weight excluding hydrogens is 744 g/mol. The lowest BCUT2D eigenvalue weighted by Gasteiger charge is -2.27. The van der Waals surface area contributed by atoms with E-state index in [4.69, 9.17) is 16.6 Å². The van der Waals surface area contributed by atoms with Crippen molar-refractivity contribution in [3.05, 3.63) is 103 Å². The van der Waals surface area contributed by atoms with E-state index in [1.54, 1.807) is 23.5 Å². The number of hydrogen-bond donors (Lipinski definition) is 3. The van der Waals surface area contributed by atoms with Gasteiger partial charge in [-0.3, -0.25) is 48.5 Å². The largest absolute Gasteiger partial charge is 0.356 e. The Hall–Kier alpha value is -5.54. The zero-order valence-corrected chi connectivity index (χ0v) is 32.0. The fourth-order valence-corrected chi connectivity index (χ4v) is 8.39. The van der Waals surface area contributed by atoms with Gasteiger partial charge >= 0.3 is 0 Å². The van der Waals surface area contributed by atoms with Gasteiger partial charge in [0, 0.05) is 47.0 Å². The number of carbonyl (C=O) groups is 6. The number of fused-ring (bicyclic) bond motifs is 4. The smallest absolute Gasteiger partial charge is 0.262 e. The molecule has 6 amide bonds. The van der Waals surface area contributed by atoms with E-state index in [1.165, 1.54) is 6.07 Å². The minimum absolute atomic E-state index is 0.00677. The van der Waals surface area contributed by atoms with Gasteiger partial charge in [-0.1, -0.05) is 42.3 Å². The second-order valence-corrected chi connectivity index (χ2v) is 15.3. The van der Waals surface area contributed by atoms with E-state index in [1.807, 2.05) is 35.8 Å². The summed E-state index contributed by atoms with van der Waals surface area (Å²) in [6, 6.07) is 11.7. The quantitative estimate of drug-likeness (QED) is 0.139. The third-order valence-corrected chi connectivity index (χ3v) is 11.5. The Morgan fingerprint density at radius 2 is 1.71 bits per heavy atom. The predicted molar refractivity (Wildman–Crippen MR) is 204 cm³/mol. The van der Waals surface area contributed by atoms with E-state index >= 15 is 0 Å². The molecule has 0 aliphatic carbocycles. The Labute approximate surface area is 325 Å². The summed E-state index contributed by atoms with van der Waals surface area (Å²) in [6.07, 6.45) is 2.23. The van der Waals surface area contributed by atoms with Crippen molar-refractivity contribution in [1.82, 2.24) is 35.6 Å². The number of aryl methyl sites for hydroxylation is 2.